The minimum Gasteiger partial charge on any atom is -0.310 e. The van der Waals surface area contributed by atoms with Crippen LogP contribution in [0.5, 0.6) is 0 Å². The van der Waals surface area contributed by atoms with Gasteiger partial charge in [-0.05, 0) is 89.1 Å². The quantitative estimate of drug-likeness (QED) is 0.552. The Balaban J connectivity index is 1.62. The molecular weight excluding hydrogens is 374 g/mol. The first kappa shape index (κ1) is 19.0. The number of rotatable bonds is 2. The Morgan fingerprint density at radius 2 is 1.83 bits per heavy atom. The number of piperidine rings is 1. The first-order valence-electron chi connectivity index (χ1n) is 10.6. The van der Waals surface area contributed by atoms with Crippen molar-refractivity contribution in [3.8, 4) is 11.1 Å². The van der Waals surface area contributed by atoms with Crippen LogP contribution >= 0.6 is 0 Å². The molecule has 1 aliphatic heterocycles. The lowest BCUT2D eigenvalue weighted by molar-refractivity contribution is 0.251. The molecule has 154 valence electrons. The summed E-state index contributed by atoms with van der Waals surface area (Å²) in [5.41, 5.74) is 6.97. The van der Waals surface area contributed by atoms with Gasteiger partial charge in [-0.25, -0.2) is 9.97 Å². The molecule has 4 heterocycles. The van der Waals surface area contributed by atoms with Crippen molar-refractivity contribution in [3.05, 3.63) is 63.6 Å². The standard InChI is InChI=1S/C24H27N5O/c1-14-11-18(19-5-6-21-25-15(2)13-29(21)16(19)3)12-20-22(14)26-23(27-24(20)30)17-7-9-28(4)10-8-17/h5-6,11-13,17H,7-10H2,1-4H3,(H,26,27,30). The van der Waals surface area contributed by atoms with E-state index in [-0.39, 0.29) is 5.56 Å². The maximum atomic E-state index is 13.0. The number of aromatic nitrogens is 4. The number of H-pyrrole nitrogens is 1. The van der Waals surface area contributed by atoms with Gasteiger partial charge >= 0.3 is 0 Å². The van der Waals surface area contributed by atoms with Gasteiger partial charge in [-0.1, -0.05) is 0 Å². The largest absolute Gasteiger partial charge is 0.310 e. The minimum absolute atomic E-state index is 0.0453. The number of fused-ring (bicyclic) bond motifs is 2. The fourth-order valence-electron chi connectivity index (χ4n) is 4.68. The van der Waals surface area contributed by atoms with Gasteiger partial charge in [0.2, 0.25) is 0 Å². The molecule has 0 saturated carbocycles. The first-order valence-corrected chi connectivity index (χ1v) is 10.6. The molecule has 0 radical (unpaired) electrons. The number of aromatic amines is 1. The van der Waals surface area contributed by atoms with Crippen LogP contribution in [0, 0.1) is 20.8 Å². The van der Waals surface area contributed by atoms with Crippen LogP contribution in [0.15, 0.2) is 35.3 Å². The van der Waals surface area contributed by atoms with Crippen LogP contribution in [0.1, 0.15) is 41.5 Å². The van der Waals surface area contributed by atoms with Gasteiger partial charge in [0.25, 0.3) is 5.56 Å². The number of nitrogens with one attached hydrogen (secondary N) is 1. The maximum absolute atomic E-state index is 13.0. The molecule has 0 unspecified atom stereocenters. The fraction of sp³-hybridized carbons (Fsp3) is 0.375. The second-order valence-electron chi connectivity index (χ2n) is 8.66. The zero-order valence-corrected chi connectivity index (χ0v) is 18.0. The molecule has 0 aliphatic carbocycles. The lowest BCUT2D eigenvalue weighted by atomic mass is 9.95. The highest BCUT2D eigenvalue weighted by molar-refractivity contribution is 5.87. The second-order valence-corrected chi connectivity index (χ2v) is 8.66. The van der Waals surface area contributed by atoms with Crippen LogP contribution in [0.3, 0.4) is 0 Å². The third-order valence-corrected chi connectivity index (χ3v) is 6.44. The Hall–Kier alpha value is -2.99. The van der Waals surface area contributed by atoms with Crippen LogP contribution in [-0.4, -0.2) is 44.4 Å². The summed E-state index contributed by atoms with van der Waals surface area (Å²) in [7, 11) is 2.14. The highest BCUT2D eigenvalue weighted by atomic mass is 16.1. The van der Waals surface area contributed by atoms with Gasteiger partial charge in [0.05, 0.1) is 16.6 Å². The summed E-state index contributed by atoms with van der Waals surface area (Å²) in [6.45, 7) is 8.22. The van der Waals surface area contributed by atoms with Gasteiger partial charge in [0, 0.05) is 23.4 Å². The summed E-state index contributed by atoms with van der Waals surface area (Å²) >= 11 is 0. The van der Waals surface area contributed by atoms with E-state index in [1.54, 1.807) is 0 Å². The number of hydrogen-bond acceptors (Lipinski definition) is 4. The van der Waals surface area contributed by atoms with Crippen molar-refractivity contribution in [3.63, 3.8) is 0 Å². The molecule has 1 aliphatic rings. The molecule has 0 atom stereocenters. The van der Waals surface area contributed by atoms with Gasteiger partial charge in [0.1, 0.15) is 11.5 Å². The van der Waals surface area contributed by atoms with Crippen molar-refractivity contribution < 1.29 is 0 Å². The van der Waals surface area contributed by atoms with Gasteiger partial charge in [0.15, 0.2) is 0 Å². The Morgan fingerprint density at radius 3 is 2.60 bits per heavy atom. The van der Waals surface area contributed by atoms with Crippen LogP contribution in [-0.2, 0) is 0 Å². The summed E-state index contributed by atoms with van der Waals surface area (Å²) in [5.74, 6) is 1.16. The van der Waals surface area contributed by atoms with E-state index in [4.69, 9.17) is 4.98 Å². The number of aryl methyl sites for hydroxylation is 3. The summed E-state index contributed by atoms with van der Waals surface area (Å²) < 4.78 is 2.11. The molecule has 0 spiro atoms. The van der Waals surface area contributed by atoms with E-state index >= 15 is 0 Å². The average molecular weight is 402 g/mol. The molecule has 4 aromatic rings. The third kappa shape index (κ3) is 3.12. The van der Waals surface area contributed by atoms with E-state index < -0.39 is 0 Å². The van der Waals surface area contributed by atoms with Crippen molar-refractivity contribution in [2.24, 2.45) is 0 Å². The highest BCUT2D eigenvalue weighted by Crippen LogP contribution is 2.30. The maximum Gasteiger partial charge on any atom is 0.258 e. The van der Waals surface area contributed by atoms with E-state index in [0.717, 1.165) is 71.0 Å². The molecule has 5 rings (SSSR count). The topological polar surface area (TPSA) is 66.3 Å². The molecular formula is C24H27N5O. The number of likely N-dealkylation sites (tertiary alicyclic amines) is 1. The number of nitrogens with zero attached hydrogens (tertiary/aromatic N) is 4. The number of hydrogen-bond donors (Lipinski definition) is 1. The molecule has 0 bridgehead atoms. The summed E-state index contributed by atoms with van der Waals surface area (Å²) in [6.07, 6.45) is 4.11. The van der Waals surface area contributed by atoms with Gasteiger partial charge < -0.3 is 14.3 Å². The number of pyridine rings is 1. The third-order valence-electron chi connectivity index (χ3n) is 6.44. The minimum atomic E-state index is -0.0453. The molecule has 3 aromatic heterocycles. The van der Waals surface area contributed by atoms with Crippen molar-refractivity contribution in [2.45, 2.75) is 39.5 Å². The summed E-state index contributed by atoms with van der Waals surface area (Å²) in [4.78, 5) is 27.9. The second kappa shape index (κ2) is 7.06. The highest BCUT2D eigenvalue weighted by Gasteiger charge is 2.22. The number of benzene rings is 1. The van der Waals surface area contributed by atoms with E-state index in [1.165, 1.54) is 0 Å². The molecule has 6 nitrogen and oxygen atoms in total. The van der Waals surface area contributed by atoms with Crippen LogP contribution in [0.2, 0.25) is 0 Å². The summed E-state index contributed by atoms with van der Waals surface area (Å²) in [5, 5.41) is 0.656. The smallest absolute Gasteiger partial charge is 0.258 e. The zero-order chi connectivity index (χ0) is 21.0. The first-order chi connectivity index (χ1) is 14.4. The van der Waals surface area contributed by atoms with Gasteiger partial charge in [-0.2, -0.15) is 0 Å². The van der Waals surface area contributed by atoms with Gasteiger partial charge in [-0.15, -0.1) is 0 Å². The number of imidazole rings is 1. The molecule has 30 heavy (non-hydrogen) atoms. The Kier molecular flexibility index (Phi) is 4.47. The van der Waals surface area contributed by atoms with Crippen molar-refractivity contribution in [1.82, 2.24) is 24.3 Å². The average Bonchev–Trinajstić information content (AvgIpc) is 3.10. The SMILES string of the molecule is Cc1cn2c(C)c(-c3cc(C)c4nc(C5CCN(C)CC5)[nH]c(=O)c4c3)ccc2n1. The van der Waals surface area contributed by atoms with E-state index in [9.17, 15) is 4.79 Å². The van der Waals surface area contributed by atoms with Crippen molar-refractivity contribution in [1.29, 1.82) is 0 Å². The fourth-order valence-corrected chi connectivity index (χ4v) is 4.68. The van der Waals surface area contributed by atoms with Crippen LogP contribution < -0.4 is 5.56 Å². The molecule has 6 heteroatoms. The van der Waals surface area contributed by atoms with Gasteiger partial charge in [-0.3, -0.25) is 4.79 Å². The van der Waals surface area contributed by atoms with E-state index in [0.29, 0.717) is 11.3 Å². The molecule has 1 N–H and O–H groups in total. The Bertz CT molecular complexity index is 1330. The molecule has 1 saturated heterocycles. The summed E-state index contributed by atoms with van der Waals surface area (Å²) in [6, 6.07) is 8.24. The molecule has 0 amide bonds. The normalized spacial score (nSPS) is 16.0. The lowest BCUT2D eigenvalue weighted by Gasteiger charge is -2.28. The Labute approximate surface area is 175 Å². The van der Waals surface area contributed by atoms with E-state index in [1.807, 2.05) is 32.2 Å². The van der Waals surface area contributed by atoms with Crippen molar-refractivity contribution in [2.75, 3.05) is 20.1 Å². The zero-order valence-electron chi connectivity index (χ0n) is 18.0. The monoisotopic (exact) mass is 401 g/mol. The van der Waals surface area contributed by atoms with E-state index in [2.05, 4.69) is 45.4 Å². The van der Waals surface area contributed by atoms with Crippen molar-refractivity contribution >= 4 is 16.6 Å². The lowest BCUT2D eigenvalue weighted by Crippen LogP contribution is -2.30. The van der Waals surface area contributed by atoms with Crippen LogP contribution in [0.25, 0.3) is 27.7 Å². The van der Waals surface area contributed by atoms with Crippen LogP contribution in [0.4, 0.5) is 0 Å². The predicted octanol–water partition coefficient (Wildman–Crippen LogP) is 3.97. The Morgan fingerprint density at radius 1 is 1.07 bits per heavy atom. The molecule has 1 fully saturated rings. The molecule has 1 aromatic carbocycles. The predicted molar refractivity (Wildman–Crippen MR) is 120 cm³/mol.